The van der Waals surface area contributed by atoms with Crippen molar-refractivity contribution in [2.24, 2.45) is 5.92 Å². The SMILES string of the molecule is COc1cc(Cl)ccc1C(=O)N1CCCC(CNS(=O)(=O)c2ccc(C)cc2)C1. The molecule has 0 radical (unpaired) electrons. The van der Waals surface area contributed by atoms with Crippen LogP contribution in [0.3, 0.4) is 0 Å². The number of sulfonamides is 1. The Morgan fingerprint density at radius 2 is 1.97 bits per heavy atom. The average molecular weight is 437 g/mol. The van der Waals surface area contributed by atoms with E-state index >= 15 is 0 Å². The first-order valence-electron chi connectivity index (χ1n) is 9.49. The van der Waals surface area contributed by atoms with Crippen LogP contribution >= 0.6 is 11.6 Å². The summed E-state index contributed by atoms with van der Waals surface area (Å²) >= 11 is 5.98. The van der Waals surface area contributed by atoms with Gasteiger partial charge in [-0.3, -0.25) is 4.79 Å². The molecule has 0 aliphatic carbocycles. The minimum Gasteiger partial charge on any atom is -0.496 e. The van der Waals surface area contributed by atoms with Crippen LogP contribution in [0.15, 0.2) is 47.4 Å². The van der Waals surface area contributed by atoms with Gasteiger partial charge in [-0.2, -0.15) is 0 Å². The van der Waals surface area contributed by atoms with Crippen molar-refractivity contribution in [1.29, 1.82) is 0 Å². The van der Waals surface area contributed by atoms with E-state index < -0.39 is 10.0 Å². The first-order valence-corrected chi connectivity index (χ1v) is 11.4. The molecule has 1 unspecified atom stereocenters. The maximum absolute atomic E-state index is 13.0. The Bertz CT molecular complexity index is 977. The molecule has 1 heterocycles. The van der Waals surface area contributed by atoms with Gasteiger partial charge in [0.25, 0.3) is 5.91 Å². The predicted octanol–water partition coefficient (Wildman–Crippen LogP) is 3.49. The zero-order chi connectivity index (χ0) is 21.0. The van der Waals surface area contributed by atoms with Crippen LogP contribution in [-0.2, 0) is 10.0 Å². The number of rotatable bonds is 6. The molecule has 0 aromatic heterocycles. The molecule has 1 fully saturated rings. The van der Waals surface area contributed by atoms with Gasteiger partial charge in [-0.05, 0) is 56.0 Å². The second-order valence-corrected chi connectivity index (χ2v) is 9.47. The van der Waals surface area contributed by atoms with E-state index in [4.69, 9.17) is 16.3 Å². The summed E-state index contributed by atoms with van der Waals surface area (Å²) in [5.41, 5.74) is 1.46. The maximum Gasteiger partial charge on any atom is 0.257 e. The molecule has 8 heteroatoms. The van der Waals surface area contributed by atoms with Crippen molar-refractivity contribution in [2.45, 2.75) is 24.7 Å². The second kappa shape index (κ2) is 9.15. The summed E-state index contributed by atoms with van der Waals surface area (Å²) in [4.78, 5) is 15.0. The van der Waals surface area contributed by atoms with Crippen LogP contribution < -0.4 is 9.46 Å². The molecule has 29 heavy (non-hydrogen) atoms. The Balaban J connectivity index is 1.65. The highest BCUT2D eigenvalue weighted by Gasteiger charge is 2.27. The van der Waals surface area contributed by atoms with Gasteiger partial charge in [-0.25, -0.2) is 13.1 Å². The first-order chi connectivity index (χ1) is 13.8. The van der Waals surface area contributed by atoms with E-state index in [2.05, 4.69) is 4.72 Å². The molecule has 1 atom stereocenters. The summed E-state index contributed by atoms with van der Waals surface area (Å²) in [5, 5.41) is 0.500. The summed E-state index contributed by atoms with van der Waals surface area (Å²) in [7, 11) is -2.07. The van der Waals surface area contributed by atoms with E-state index in [1.807, 2.05) is 6.92 Å². The van der Waals surface area contributed by atoms with Crippen LogP contribution in [0.5, 0.6) is 5.75 Å². The number of aryl methyl sites for hydroxylation is 1. The summed E-state index contributed by atoms with van der Waals surface area (Å²) < 4.78 is 33.0. The standard InChI is InChI=1S/C21H25ClN2O4S/c1-15-5-8-18(9-6-15)29(26,27)23-13-16-4-3-11-24(14-16)21(25)19-10-7-17(22)12-20(19)28-2/h5-10,12,16,23H,3-4,11,13-14H2,1-2H3. The summed E-state index contributed by atoms with van der Waals surface area (Å²) in [6.07, 6.45) is 1.68. The van der Waals surface area contributed by atoms with E-state index in [1.54, 1.807) is 47.4 Å². The van der Waals surface area contributed by atoms with E-state index in [0.717, 1.165) is 18.4 Å². The van der Waals surface area contributed by atoms with Crippen LogP contribution in [0.1, 0.15) is 28.8 Å². The van der Waals surface area contributed by atoms with Gasteiger partial charge in [0, 0.05) is 24.7 Å². The van der Waals surface area contributed by atoms with E-state index in [9.17, 15) is 13.2 Å². The Labute approximate surface area is 176 Å². The van der Waals surface area contributed by atoms with Gasteiger partial charge in [0.05, 0.1) is 17.6 Å². The third kappa shape index (κ3) is 5.29. The average Bonchev–Trinajstić information content (AvgIpc) is 2.72. The third-order valence-corrected chi connectivity index (χ3v) is 6.77. The van der Waals surface area contributed by atoms with Crippen molar-refractivity contribution in [3.63, 3.8) is 0 Å². The van der Waals surface area contributed by atoms with E-state index in [-0.39, 0.29) is 23.3 Å². The minimum absolute atomic E-state index is 0.0474. The van der Waals surface area contributed by atoms with Crippen molar-refractivity contribution < 1.29 is 17.9 Å². The minimum atomic E-state index is -3.57. The highest BCUT2D eigenvalue weighted by Crippen LogP contribution is 2.26. The number of nitrogens with zero attached hydrogens (tertiary/aromatic N) is 1. The lowest BCUT2D eigenvalue weighted by Gasteiger charge is -2.33. The van der Waals surface area contributed by atoms with Crippen LogP contribution in [-0.4, -0.2) is 46.0 Å². The van der Waals surface area contributed by atoms with Crippen molar-refractivity contribution in [3.8, 4) is 5.75 Å². The molecule has 156 valence electrons. The molecular weight excluding hydrogens is 412 g/mol. The van der Waals surface area contributed by atoms with Crippen molar-refractivity contribution in [2.75, 3.05) is 26.7 Å². The van der Waals surface area contributed by atoms with Gasteiger partial charge < -0.3 is 9.64 Å². The van der Waals surface area contributed by atoms with Crippen molar-refractivity contribution >= 4 is 27.5 Å². The molecule has 0 bridgehead atoms. The van der Waals surface area contributed by atoms with Crippen LogP contribution in [0, 0.1) is 12.8 Å². The van der Waals surface area contributed by atoms with Gasteiger partial charge in [0.2, 0.25) is 10.0 Å². The Morgan fingerprint density at radius 1 is 1.24 bits per heavy atom. The normalized spacial score (nSPS) is 17.2. The fraction of sp³-hybridized carbons (Fsp3) is 0.381. The van der Waals surface area contributed by atoms with E-state index in [0.29, 0.717) is 29.4 Å². The lowest BCUT2D eigenvalue weighted by Crippen LogP contribution is -2.43. The number of piperidine rings is 1. The number of benzene rings is 2. The Kier molecular flexibility index (Phi) is 6.82. The molecule has 1 saturated heterocycles. The number of carbonyl (C=O) groups is 1. The summed E-state index contributed by atoms with van der Waals surface area (Å²) in [6.45, 7) is 3.32. The molecule has 1 aliphatic rings. The summed E-state index contributed by atoms with van der Waals surface area (Å²) in [5.74, 6) is 0.348. The van der Waals surface area contributed by atoms with Gasteiger partial charge in [0.1, 0.15) is 5.75 Å². The third-order valence-electron chi connectivity index (χ3n) is 5.09. The molecule has 2 aromatic carbocycles. The highest BCUT2D eigenvalue weighted by molar-refractivity contribution is 7.89. The predicted molar refractivity (Wildman–Crippen MR) is 113 cm³/mol. The van der Waals surface area contributed by atoms with Gasteiger partial charge in [0.15, 0.2) is 0 Å². The smallest absolute Gasteiger partial charge is 0.257 e. The number of ether oxygens (including phenoxy) is 1. The number of halogens is 1. The molecular formula is C21H25ClN2O4S. The van der Waals surface area contributed by atoms with Crippen LogP contribution in [0.4, 0.5) is 0 Å². The van der Waals surface area contributed by atoms with Crippen LogP contribution in [0.25, 0.3) is 0 Å². The van der Waals surface area contributed by atoms with Gasteiger partial charge in [-0.15, -0.1) is 0 Å². The quantitative estimate of drug-likeness (QED) is 0.752. The lowest BCUT2D eigenvalue weighted by molar-refractivity contribution is 0.0673. The molecule has 0 saturated carbocycles. The molecule has 2 aromatic rings. The molecule has 1 aliphatic heterocycles. The van der Waals surface area contributed by atoms with Gasteiger partial charge >= 0.3 is 0 Å². The zero-order valence-electron chi connectivity index (χ0n) is 16.5. The van der Waals surface area contributed by atoms with Crippen molar-refractivity contribution in [1.82, 2.24) is 9.62 Å². The number of carbonyl (C=O) groups excluding carboxylic acids is 1. The summed E-state index contributed by atoms with van der Waals surface area (Å²) in [6, 6.07) is 11.7. The monoisotopic (exact) mass is 436 g/mol. The number of methoxy groups -OCH3 is 1. The Hall–Kier alpha value is -2.09. The molecule has 6 nitrogen and oxygen atoms in total. The fourth-order valence-corrected chi connectivity index (χ4v) is 4.73. The number of hydrogen-bond acceptors (Lipinski definition) is 4. The maximum atomic E-state index is 13.0. The van der Waals surface area contributed by atoms with Crippen LogP contribution in [0.2, 0.25) is 5.02 Å². The molecule has 0 spiro atoms. The number of amides is 1. The molecule has 1 amide bonds. The topological polar surface area (TPSA) is 75.7 Å². The number of hydrogen-bond donors (Lipinski definition) is 1. The lowest BCUT2D eigenvalue weighted by atomic mass is 9.97. The molecule has 3 rings (SSSR count). The fourth-order valence-electron chi connectivity index (χ4n) is 3.46. The van der Waals surface area contributed by atoms with Gasteiger partial charge in [-0.1, -0.05) is 29.3 Å². The Morgan fingerprint density at radius 3 is 2.66 bits per heavy atom. The van der Waals surface area contributed by atoms with Crippen molar-refractivity contribution in [3.05, 3.63) is 58.6 Å². The number of likely N-dealkylation sites (tertiary alicyclic amines) is 1. The second-order valence-electron chi connectivity index (χ2n) is 7.27. The molecule has 1 N–H and O–H groups in total. The largest absolute Gasteiger partial charge is 0.496 e. The number of nitrogens with one attached hydrogen (secondary N) is 1. The van der Waals surface area contributed by atoms with E-state index in [1.165, 1.54) is 7.11 Å². The first kappa shape index (κ1) is 21.6. The highest BCUT2D eigenvalue weighted by atomic mass is 35.5. The zero-order valence-corrected chi connectivity index (χ0v) is 18.1.